The summed E-state index contributed by atoms with van der Waals surface area (Å²) in [7, 11) is 0. The molecule has 4 nitrogen and oxygen atoms in total. The van der Waals surface area contributed by atoms with Gasteiger partial charge in [0, 0.05) is 19.6 Å². The standard InChI is InChI=1S/C9H17N3O/c1-4-6-7-10-12-9(5-2)11-8(3)13/h7H,4-6H2,1-3H3,(H,11,12,13)/b10-7-. The Hall–Kier alpha value is -1.19. The average Bonchev–Trinajstić information content (AvgIpc) is 2.09. The predicted octanol–water partition coefficient (Wildman–Crippen LogP) is 1.72. The van der Waals surface area contributed by atoms with E-state index in [0.717, 1.165) is 12.8 Å². The van der Waals surface area contributed by atoms with Gasteiger partial charge in [-0.15, -0.1) is 5.10 Å². The van der Waals surface area contributed by atoms with Crippen LogP contribution in [-0.4, -0.2) is 18.0 Å². The van der Waals surface area contributed by atoms with Crippen LogP contribution in [0, 0.1) is 0 Å². The van der Waals surface area contributed by atoms with E-state index in [1.165, 1.54) is 6.92 Å². The van der Waals surface area contributed by atoms with E-state index in [0.29, 0.717) is 12.3 Å². The maximum atomic E-state index is 10.7. The predicted molar refractivity (Wildman–Crippen MR) is 54.9 cm³/mol. The molecular formula is C9H17N3O. The molecule has 0 fully saturated rings. The van der Waals surface area contributed by atoms with Crippen LogP contribution in [-0.2, 0) is 4.79 Å². The Balaban J connectivity index is 3.98. The second-order valence-corrected chi connectivity index (χ2v) is 2.67. The van der Waals surface area contributed by atoms with Crippen molar-refractivity contribution >= 4 is 18.0 Å². The molecule has 0 rings (SSSR count). The second kappa shape index (κ2) is 7.46. The molecule has 0 aliphatic heterocycles. The fourth-order valence-corrected chi connectivity index (χ4v) is 0.685. The number of unbranched alkanes of at least 4 members (excludes halogenated alkanes) is 1. The quantitative estimate of drug-likeness (QED) is 0.402. The van der Waals surface area contributed by atoms with Crippen molar-refractivity contribution < 1.29 is 4.79 Å². The monoisotopic (exact) mass is 183 g/mol. The van der Waals surface area contributed by atoms with Gasteiger partial charge in [-0.25, -0.2) is 0 Å². The van der Waals surface area contributed by atoms with E-state index in [-0.39, 0.29) is 5.91 Å². The molecule has 0 aromatic rings. The molecule has 13 heavy (non-hydrogen) atoms. The molecule has 0 heterocycles. The van der Waals surface area contributed by atoms with Gasteiger partial charge in [0.25, 0.3) is 0 Å². The molecule has 0 aromatic heterocycles. The van der Waals surface area contributed by atoms with Crippen molar-refractivity contribution in [1.82, 2.24) is 5.32 Å². The van der Waals surface area contributed by atoms with Gasteiger partial charge >= 0.3 is 0 Å². The summed E-state index contributed by atoms with van der Waals surface area (Å²) >= 11 is 0. The van der Waals surface area contributed by atoms with E-state index < -0.39 is 0 Å². The summed E-state index contributed by atoms with van der Waals surface area (Å²) in [5.74, 6) is 0.506. The Kier molecular flexibility index (Phi) is 6.78. The van der Waals surface area contributed by atoms with Gasteiger partial charge in [-0.1, -0.05) is 20.3 Å². The summed E-state index contributed by atoms with van der Waals surface area (Å²) in [6, 6.07) is 0. The first-order chi connectivity index (χ1) is 6.20. The summed E-state index contributed by atoms with van der Waals surface area (Å²) in [4.78, 5) is 10.7. The minimum absolute atomic E-state index is 0.105. The Morgan fingerprint density at radius 1 is 1.46 bits per heavy atom. The molecule has 0 bridgehead atoms. The number of rotatable bonds is 4. The highest BCUT2D eigenvalue weighted by atomic mass is 16.1. The van der Waals surface area contributed by atoms with Crippen LogP contribution in [0.1, 0.15) is 40.0 Å². The highest BCUT2D eigenvalue weighted by molar-refractivity contribution is 5.97. The normalized spacial score (nSPS) is 12.1. The Bertz CT molecular complexity index is 209. The highest BCUT2D eigenvalue weighted by Gasteiger charge is 1.96. The van der Waals surface area contributed by atoms with Gasteiger partial charge in [0.2, 0.25) is 5.91 Å². The average molecular weight is 183 g/mol. The lowest BCUT2D eigenvalue weighted by Gasteiger charge is -1.99. The summed E-state index contributed by atoms with van der Waals surface area (Å²) in [6.45, 7) is 5.45. The number of amidine groups is 1. The maximum Gasteiger partial charge on any atom is 0.222 e. The molecule has 0 spiro atoms. The van der Waals surface area contributed by atoms with E-state index >= 15 is 0 Å². The Labute approximate surface area is 79.1 Å². The molecule has 0 saturated heterocycles. The van der Waals surface area contributed by atoms with Crippen molar-refractivity contribution in [1.29, 1.82) is 0 Å². The molecular weight excluding hydrogens is 166 g/mol. The lowest BCUT2D eigenvalue weighted by molar-refractivity contribution is -0.117. The topological polar surface area (TPSA) is 53.8 Å². The number of hydrogen-bond donors (Lipinski definition) is 1. The molecule has 0 aliphatic carbocycles. The van der Waals surface area contributed by atoms with E-state index in [9.17, 15) is 4.79 Å². The minimum Gasteiger partial charge on any atom is -0.313 e. The number of nitrogens with one attached hydrogen (secondary N) is 1. The molecule has 1 amide bonds. The Morgan fingerprint density at radius 2 is 2.15 bits per heavy atom. The van der Waals surface area contributed by atoms with Crippen molar-refractivity contribution in [2.75, 3.05) is 0 Å². The van der Waals surface area contributed by atoms with E-state index in [1.807, 2.05) is 6.92 Å². The van der Waals surface area contributed by atoms with E-state index in [1.54, 1.807) is 6.21 Å². The first-order valence-corrected chi connectivity index (χ1v) is 4.56. The molecule has 4 heteroatoms. The summed E-state index contributed by atoms with van der Waals surface area (Å²) in [5.41, 5.74) is 0. The third-order valence-corrected chi connectivity index (χ3v) is 1.33. The molecule has 74 valence electrons. The molecule has 0 aliphatic rings. The maximum absolute atomic E-state index is 10.7. The lowest BCUT2D eigenvalue weighted by atomic mass is 10.4. The SMILES string of the molecule is CCC/C=N\N=C(\CC)NC(C)=O. The number of hydrogen-bond acceptors (Lipinski definition) is 3. The van der Waals surface area contributed by atoms with Gasteiger partial charge < -0.3 is 5.32 Å². The number of amides is 1. The van der Waals surface area contributed by atoms with Crippen molar-refractivity contribution in [2.24, 2.45) is 10.2 Å². The molecule has 0 unspecified atom stereocenters. The minimum atomic E-state index is -0.105. The Morgan fingerprint density at radius 3 is 2.62 bits per heavy atom. The summed E-state index contributed by atoms with van der Waals surface area (Å²) in [6.07, 6.45) is 4.40. The van der Waals surface area contributed by atoms with Crippen LogP contribution in [0.3, 0.4) is 0 Å². The molecule has 0 atom stereocenters. The van der Waals surface area contributed by atoms with Crippen molar-refractivity contribution in [3.63, 3.8) is 0 Å². The van der Waals surface area contributed by atoms with Gasteiger partial charge in [-0.2, -0.15) is 5.10 Å². The van der Waals surface area contributed by atoms with Gasteiger partial charge in [0.05, 0.1) is 0 Å². The molecule has 0 radical (unpaired) electrons. The zero-order chi connectivity index (χ0) is 10.1. The number of carbonyl (C=O) groups excluding carboxylic acids is 1. The van der Waals surface area contributed by atoms with Crippen LogP contribution >= 0.6 is 0 Å². The van der Waals surface area contributed by atoms with Crippen molar-refractivity contribution in [2.45, 2.75) is 40.0 Å². The zero-order valence-electron chi connectivity index (χ0n) is 8.50. The highest BCUT2D eigenvalue weighted by Crippen LogP contribution is 1.85. The van der Waals surface area contributed by atoms with E-state index in [4.69, 9.17) is 0 Å². The fraction of sp³-hybridized carbons (Fsp3) is 0.667. The third-order valence-electron chi connectivity index (χ3n) is 1.33. The molecule has 0 aromatic carbocycles. The fourth-order valence-electron chi connectivity index (χ4n) is 0.685. The van der Waals surface area contributed by atoms with Crippen LogP contribution in [0.5, 0.6) is 0 Å². The number of carbonyl (C=O) groups is 1. The first kappa shape index (κ1) is 11.8. The van der Waals surface area contributed by atoms with Crippen LogP contribution < -0.4 is 5.32 Å². The van der Waals surface area contributed by atoms with Crippen LogP contribution in [0.15, 0.2) is 10.2 Å². The largest absolute Gasteiger partial charge is 0.313 e. The molecule has 1 N–H and O–H groups in total. The van der Waals surface area contributed by atoms with Gasteiger partial charge in [0.15, 0.2) is 0 Å². The second-order valence-electron chi connectivity index (χ2n) is 2.67. The summed E-state index contributed by atoms with van der Waals surface area (Å²) < 4.78 is 0. The lowest BCUT2D eigenvalue weighted by Crippen LogP contribution is -2.27. The van der Waals surface area contributed by atoms with Gasteiger partial charge in [-0.3, -0.25) is 4.79 Å². The number of nitrogens with zero attached hydrogens (tertiary/aromatic N) is 2. The van der Waals surface area contributed by atoms with Crippen molar-refractivity contribution in [3.8, 4) is 0 Å². The summed E-state index contributed by atoms with van der Waals surface area (Å²) in [5, 5.41) is 10.3. The first-order valence-electron chi connectivity index (χ1n) is 4.56. The van der Waals surface area contributed by atoms with Gasteiger partial charge in [-0.05, 0) is 6.42 Å². The van der Waals surface area contributed by atoms with Crippen molar-refractivity contribution in [3.05, 3.63) is 0 Å². The van der Waals surface area contributed by atoms with Crippen LogP contribution in [0.2, 0.25) is 0 Å². The smallest absolute Gasteiger partial charge is 0.222 e. The van der Waals surface area contributed by atoms with Crippen LogP contribution in [0.25, 0.3) is 0 Å². The van der Waals surface area contributed by atoms with Crippen LogP contribution in [0.4, 0.5) is 0 Å². The zero-order valence-corrected chi connectivity index (χ0v) is 8.50. The van der Waals surface area contributed by atoms with Gasteiger partial charge in [0.1, 0.15) is 5.84 Å². The third kappa shape index (κ3) is 7.18. The molecule has 0 saturated carbocycles. The van der Waals surface area contributed by atoms with E-state index in [2.05, 4.69) is 22.4 Å².